The van der Waals surface area contributed by atoms with Crippen molar-refractivity contribution in [2.75, 3.05) is 0 Å². The Morgan fingerprint density at radius 1 is 0.880 bits per heavy atom. The molecule has 0 saturated heterocycles. The molecule has 3 unspecified atom stereocenters. The minimum Gasteiger partial charge on any atom is -0.478 e. The molecule has 150 valence electrons. The van der Waals surface area contributed by atoms with Gasteiger partial charge in [0.25, 0.3) is 6.43 Å². The van der Waals surface area contributed by atoms with Crippen LogP contribution in [0.5, 0.6) is 0 Å². The van der Waals surface area contributed by atoms with Crippen molar-refractivity contribution in [1.29, 1.82) is 0 Å². The monoisotopic (exact) mass is 402 g/mol. The molecule has 0 aromatic rings. The van der Waals surface area contributed by atoms with Crippen molar-refractivity contribution in [3.05, 3.63) is 12.2 Å². The number of halogens is 12. The molecule has 0 bridgehead atoms. The van der Waals surface area contributed by atoms with Gasteiger partial charge in [0.1, 0.15) is 0 Å². The van der Waals surface area contributed by atoms with Crippen LogP contribution in [-0.4, -0.2) is 54.0 Å². The number of hydrogen-bond acceptors (Lipinski definition) is 1. The summed E-state index contributed by atoms with van der Waals surface area (Å²) in [5.41, 5.74) is 0.176. The molecular weight excluding hydrogens is 392 g/mol. The van der Waals surface area contributed by atoms with Gasteiger partial charge in [0.15, 0.2) is 12.3 Å². The maximum absolute atomic E-state index is 12.5. The molecule has 0 saturated carbocycles. The van der Waals surface area contributed by atoms with Crippen LogP contribution < -0.4 is 0 Å². The van der Waals surface area contributed by atoms with Crippen LogP contribution in [0, 0.1) is 0 Å². The zero-order chi connectivity index (χ0) is 21.0. The fourth-order valence-corrected chi connectivity index (χ4v) is 0.863. The Morgan fingerprint density at radius 3 is 1.40 bits per heavy atom. The smallest absolute Gasteiger partial charge is 0.459 e. The Bertz CT molecular complexity index is 446. The third kappa shape index (κ3) is 6.30. The molecule has 0 fully saturated rings. The van der Waals surface area contributed by atoms with E-state index in [0.717, 1.165) is 0 Å². The third-order valence-electron chi connectivity index (χ3n) is 2.31. The molecule has 0 spiro atoms. The lowest BCUT2D eigenvalue weighted by Crippen LogP contribution is -2.60. The van der Waals surface area contributed by atoms with Gasteiger partial charge < -0.3 is 5.11 Å². The van der Waals surface area contributed by atoms with Crippen LogP contribution in [-0.2, 0) is 4.79 Å². The van der Waals surface area contributed by atoms with Gasteiger partial charge in [-0.3, -0.25) is 0 Å². The highest BCUT2D eigenvalue weighted by Crippen LogP contribution is 2.50. The van der Waals surface area contributed by atoms with E-state index in [-0.39, 0.29) is 5.57 Å². The number of rotatable bonds is 6. The van der Waals surface area contributed by atoms with E-state index in [2.05, 4.69) is 6.58 Å². The number of aliphatic carboxylic acids is 1. The van der Waals surface area contributed by atoms with Crippen molar-refractivity contribution in [3.8, 4) is 0 Å². The van der Waals surface area contributed by atoms with Gasteiger partial charge in [0.2, 0.25) is 6.17 Å². The minimum absolute atomic E-state index is 0.176. The maximum atomic E-state index is 12.5. The Morgan fingerprint density at radius 2 is 1.20 bits per heavy atom. The Hall–Kier alpha value is -1.63. The lowest BCUT2D eigenvalue weighted by Gasteiger charge is -2.32. The lowest BCUT2D eigenvalue weighted by atomic mass is 10.00. The van der Waals surface area contributed by atoms with Gasteiger partial charge in [-0.15, -0.1) is 0 Å². The summed E-state index contributed by atoms with van der Waals surface area (Å²) in [7, 11) is 0. The van der Waals surface area contributed by atoms with E-state index in [4.69, 9.17) is 5.11 Å². The zero-order valence-corrected chi connectivity index (χ0v) is 11.9. The zero-order valence-electron chi connectivity index (χ0n) is 11.9. The van der Waals surface area contributed by atoms with Crippen LogP contribution in [0.1, 0.15) is 6.92 Å². The van der Waals surface area contributed by atoms with E-state index in [0.29, 0.717) is 0 Å². The summed E-state index contributed by atoms with van der Waals surface area (Å²) in [6.07, 6.45) is -25.3. The van der Waals surface area contributed by atoms with Crippen molar-refractivity contribution < 1.29 is 62.6 Å². The molecular formula is C11H10F12O2. The number of carbonyl (C=O) groups is 1. The first kappa shape index (κ1) is 25.6. The predicted molar refractivity (Wildman–Crippen MR) is 59.1 cm³/mol. The molecule has 0 rings (SSSR count). The maximum Gasteiger partial charge on any atom is 0.459 e. The number of alkyl halides is 12. The van der Waals surface area contributed by atoms with Crippen LogP contribution in [0.3, 0.4) is 0 Å². The summed E-state index contributed by atoms with van der Waals surface area (Å²) in [5, 5.41) is 7.89. The average Bonchev–Trinajstić information content (AvgIpc) is 2.43. The largest absolute Gasteiger partial charge is 0.478 e. The van der Waals surface area contributed by atoms with Gasteiger partial charge in [-0.05, 0) is 6.92 Å². The van der Waals surface area contributed by atoms with Gasteiger partial charge in [-0.1, -0.05) is 6.58 Å². The predicted octanol–water partition coefficient (Wildman–Crippen LogP) is 4.75. The van der Waals surface area contributed by atoms with E-state index in [1.165, 1.54) is 6.92 Å². The van der Waals surface area contributed by atoms with E-state index >= 15 is 0 Å². The quantitative estimate of drug-likeness (QED) is 0.515. The summed E-state index contributed by atoms with van der Waals surface area (Å²) in [6, 6.07) is 0. The second kappa shape index (κ2) is 8.65. The summed E-state index contributed by atoms with van der Waals surface area (Å²) < 4.78 is 144. The first-order valence-corrected chi connectivity index (χ1v) is 5.73. The van der Waals surface area contributed by atoms with Crippen LogP contribution in [0.2, 0.25) is 0 Å². The Kier molecular flexibility index (Phi) is 8.86. The molecule has 25 heavy (non-hydrogen) atoms. The Balaban J connectivity index is 0. The van der Waals surface area contributed by atoms with Gasteiger partial charge >= 0.3 is 24.0 Å². The summed E-state index contributed by atoms with van der Waals surface area (Å²) >= 11 is 0. The van der Waals surface area contributed by atoms with Gasteiger partial charge in [0.05, 0.1) is 0 Å². The van der Waals surface area contributed by atoms with Crippen LogP contribution in [0.4, 0.5) is 52.7 Å². The highest BCUT2D eigenvalue weighted by molar-refractivity contribution is 5.84. The normalized spacial score (nSPS) is 16.6. The highest BCUT2D eigenvalue weighted by Gasteiger charge is 2.77. The van der Waals surface area contributed by atoms with Crippen molar-refractivity contribution in [3.63, 3.8) is 0 Å². The number of carboxylic acids is 1. The molecule has 0 amide bonds. The van der Waals surface area contributed by atoms with E-state index < -0.39 is 48.9 Å². The standard InChI is InChI=1S/C7H4F12.C4H6O2/c8-1(2(9)4(11)12)3(10)5(13,14)6(15,16)7(17,18)19;1-3(2)4(5)6/h1-4H;1H2,2H3,(H,5,6). The van der Waals surface area contributed by atoms with Crippen molar-refractivity contribution >= 4 is 5.97 Å². The van der Waals surface area contributed by atoms with E-state index in [1.807, 2.05) is 0 Å². The molecule has 3 atom stereocenters. The van der Waals surface area contributed by atoms with Gasteiger partial charge in [0, 0.05) is 5.57 Å². The first-order chi connectivity index (χ1) is 10.8. The van der Waals surface area contributed by atoms with Gasteiger partial charge in [-0.2, -0.15) is 30.7 Å². The van der Waals surface area contributed by atoms with Crippen LogP contribution in [0.25, 0.3) is 0 Å². The number of carboxylic acid groups (broad SMARTS) is 1. The third-order valence-corrected chi connectivity index (χ3v) is 2.31. The van der Waals surface area contributed by atoms with Crippen LogP contribution in [0.15, 0.2) is 12.2 Å². The Labute approximate surface area is 132 Å². The van der Waals surface area contributed by atoms with Crippen molar-refractivity contribution in [1.82, 2.24) is 0 Å². The molecule has 1 N–H and O–H groups in total. The van der Waals surface area contributed by atoms with Gasteiger partial charge in [-0.25, -0.2) is 26.7 Å². The molecule has 0 aliphatic carbocycles. The average molecular weight is 402 g/mol. The molecule has 0 radical (unpaired) electrons. The second-order valence-electron chi connectivity index (χ2n) is 4.41. The van der Waals surface area contributed by atoms with Crippen molar-refractivity contribution in [2.24, 2.45) is 0 Å². The fourth-order valence-electron chi connectivity index (χ4n) is 0.863. The SMILES string of the molecule is C=C(C)C(=O)O.FC(F)C(F)C(F)C(F)C(F)(F)C(F)(F)C(F)(F)F. The van der Waals surface area contributed by atoms with Crippen molar-refractivity contribution in [2.45, 2.75) is 49.9 Å². The second-order valence-corrected chi connectivity index (χ2v) is 4.41. The first-order valence-electron chi connectivity index (χ1n) is 5.73. The van der Waals surface area contributed by atoms with Crippen LogP contribution >= 0.6 is 0 Å². The molecule has 0 aromatic carbocycles. The van der Waals surface area contributed by atoms with E-state index in [1.54, 1.807) is 0 Å². The molecule has 0 aliphatic rings. The fraction of sp³-hybridized carbons (Fsp3) is 0.727. The molecule has 0 heterocycles. The lowest BCUT2D eigenvalue weighted by molar-refractivity contribution is -0.370. The summed E-state index contributed by atoms with van der Waals surface area (Å²) in [6.45, 7) is 4.60. The molecule has 2 nitrogen and oxygen atoms in total. The summed E-state index contributed by atoms with van der Waals surface area (Å²) in [5.74, 6) is -14.7. The minimum atomic E-state index is -7.05. The van der Waals surface area contributed by atoms with E-state index in [9.17, 15) is 57.5 Å². The highest BCUT2D eigenvalue weighted by atomic mass is 19.4. The molecule has 0 aromatic heterocycles. The molecule has 0 aliphatic heterocycles. The molecule has 14 heteroatoms. The summed E-state index contributed by atoms with van der Waals surface area (Å²) in [4.78, 5) is 9.60. The number of hydrogen-bond donors (Lipinski definition) is 1. The topological polar surface area (TPSA) is 37.3 Å².